The largest absolute Gasteiger partial charge is 0.467 e. The van der Waals surface area contributed by atoms with Crippen LogP contribution in [0.2, 0.25) is 0 Å². The Morgan fingerprint density at radius 1 is 0.925 bits per heavy atom. The van der Waals surface area contributed by atoms with Crippen LogP contribution in [-0.4, -0.2) is 33.0 Å². The highest BCUT2D eigenvalue weighted by Crippen LogP contribution is 2.60. The molecule has 4 fully saturated rings. The molecule has 0 saturated heterocycles. The number of hydrogen-bond acceptors (Lipinski definition) is 5. The molecule has 4 aliphatic rings. The molecular weight excluding hydrogens is 526 g/mol. The van der Waals surface area contributed by atoms with Crippen LogP contribution in [0, 0.1) is 17.8 Å². The van der Waals surface area contributed by atoms with Crippen molar-refractivity contribution in [2.24, 2.45) is 17.8 Å². The first kappa shape index (κ1) is 26.6. The Morgan fingerprint density at radius 3 is 2.17 bits per heavy atom. The molecule has 0 spiro atoms. The van der Waals surface area contributed by atoms with E-state index in [2.05, 4.69) is 22.8 Å². The second-order valence-electron chi connectivity index (χ2n) is 11.9. The summed E-state index contributed by atoms with van der Waals surface area (Å²) in [5.41, 5.74) is 2.53. The quantitative estimate of drug-likeness (QED) is 0.379. The topological polar surface area (TPSA) is 109 Å². The minimum atomic E-state index is -3.74. The summed E-state index contributed by atoms with van der Waals surface area (Å²) in [5.74, 6) is 2.13. The van der Waals surface area contributed by atoms with Crippen LogP contribution in [0.4, 0.5) is 11.4 Å². The van der Waals surface area contributed by atoms with Crippen LogP contribution >= 0.6 is 0 Å². The standard InChI is InChI=1S/C31H35N3O5S/c1-40(37,38)34(25-10-8-24(9-11-25)31-16-21-13-22(17-31)15-23(14-21)18-31)20-29(35)33-28-7-3-2-6-27(28)30(36)32-19-26-5-4-12-39-26/h2-12,21-23H,13-20H2,1H3,(H,32,36)(H,33,35). The van der Waals surface area contributed by atoms with Crippen molar-refractivity contribution in [3.8, 4) is 0 Å². The molecule has 0 unspecified atom stereocenters. The number of amides is 2. The summed E-state index contributed by atoms with van der Waals surface area (Å²) in [7, 11) is -3.74. The number of furan rings is 1. The normalized spacial score (nSPS) is 25.0. The molecule has 7 rings (SSSR count). The maximum atomic E-state index is 13.1. The van der Waals surface area contributed by atoms with Crippen LogP contribution in [0.25, 0.3) is 0 Å². The second kappa shape index (κ2) is 10.4. The van der Waals surface area contributed by atoms with Gasteiger partial charge in [0.05, 0.1) is 36.0 Å². The van der Waals surface area contributed by atoms with E-state index in [-0.39, 0.29) is 23.4 Å². The highest BCUT2D eigenvalue weighted by molar-refractivity contribution is 7.92. The van der Waals surface area contributed by atoms with Gasteiger partial charge in [0.2, 0.25) is 15.9 Å². The van der Waals surface area contributed by atoms with E-state index in [1.165, 1.54) is 50.4 Å². The maximum Gasteiger partial charge on any atom is 0.253 e. The minimum absolute atomic E-state index is 0.204. The predicted octanol–water partition coefficient (Wildman–Crippen LogP) is 5.08. The molecule has 4 bridgehead atoms. The monoisotopic (exact) mass is 561 g/mol. The number of carbonyl (C=O) groups excluding carboxylic acids is 2. The molecule has 8 nitrogen and oxygen atoms in total. The van der Waals surface area contributed by atoms with Crippen LogP contribution in [0.3, 0.4) is 0 Å². The van der Waals surface area contributed by atoms with E-state index < -0.39 is 22.5 Å². The van der Waals surface area contributed by atoms with Crippen LogP contribution in [0.1, 0.15) is 60.2 Å². The van der Waals surface area contributed by atoms with E-state index in [1.807, 2.05) is 12.1 Å². The highest BCUT2D eigenvalue weighted by Gasteiger charge is 2.51. The zero-order valence-corrected chi connectivity index (χ0v) is 23.5. The lowest BCUT2D eigenvalue weighted by Crippen LogP contribution is -2.48. The summed E-state index contributed by atoms with van der Waals surface area (Å²) < 4.78 is 31.9. The van der Waals surface area contributed by atoms with Crippen molar-refractivity contribution in [1.29, 1.82) is 0 Å². The van der Waals surface area contributed by atoms with Gasteiger partial charge in [-0.1, -0.05) is 24.3 Å². The van der Waals surface area contributed by atoms with Gasteiger partial charge < -0.3 is 15.1 Å². The Balaban J connectivity index is 1.16. The van der Waals surface area contributed by atoms with E-state index in [0.717, 1.165) is 28.3 Å². The van der Waals surface area contributed by atoms with Gasteiger partial charge >= 0.3 is 0 Å². The van der Waals surface area contributed by atoms with Crippen molar-refractivity contribution in [2.45, 2.75) is 50.5 Å². The van der Waals surface area contributed by atoms with Crippen molar-refractivity contribution in [3.63, 3.8) is 0 Å². The summed E-state index contributed by atoms with van der Waals surface area (Å²) in [6.45, 7) is -0.201. The van der Waals surface area contributed by atoms with Crippen molar-refractivity contribution >= 4 is 33.2 Å². The molecule has 9 heteroatoms. The first-order valence-corrected chi connectivity index (χ1v) is 15.8. The fourth-order valence-corrected chi connectivity index (χ4v) is 8.49. The average Bonchev–Trinajstić information content (AvgIpc) is 3.43. The Hall–Kier alpha value is -3.59. The molecule has 0 aliphatic heterocycles. The Bertz CT molecular complexity index is 1460. The number of carbonyl (C=O) groups is 2. The molecule has 2 N–H and O–H groups in total. The Labute approximate surface area is 235 Å². The van der Waals surface area contributed by atoms with Gasteiger partial charge in [0.25, 0.3) is 5.91 Å². The van der Waals surface area contributed by atoms with Crippen LogP contribution in [-0.2, 0) is 26.8 Å². The Kier molecular flexibility index (Phi) is 6.94. The van der Waals surface area contributed by atoms with Gasteiger partial charge in [-0.15, -0.1) is 0 Å². The average molecular weight is 562 g/mol. The summed E-state index contributed by atoms with van der Waals surface area (Å²) in [5, 5.41) is 5.50. The van der Waals surface area contributed by atoms with Crippen molar-refractivity contribution < 1.29 is 22.4 Å². The van der Waals surface area contributed by atoms with Gasteiger partial charge in [-0.2, -0.15) is 0 Å². The summed E-state index contributed by atoms with van der Waals surface area (Å²) >= 11 is 0. The van der Waals surface area contributed by atoms with E-state index in [0.29, 0.717) is 17.1 Å². The molecule has 1 aromatic heterocycles. The van der Waals surface area contributed by atoms with Crippen molar-refractivity contribution in [2.75, 3.05) is 22.4 Å². The number of benzene rings is 2. The van der Waals surface area contributed by atoms with Crippen LogP contribution in [0.15, 0.2) is 71.3 Å². The molecule has 2 aromatic carbocycles. The molecule has 0 atom stereocenters. The predicted molar refractivity (Wildman–Crippen MR) is 153 cm³/mol. The SMILES string of the molecule is CS(=O)(=O)N(CC(=O)Nc1ccccc1C(=O)NCc1ccco1)c1ccc(C23CC4CC(CC(C4)C2)C3)cc1. The molecule has 40 heavy (non-hydrogen) atoms. The smallest absolute Gasteiger partial charge is 0.253 e. The minimum Gasteiger partial charge on any atom is -0.467 e. The molecule has 3 aromatic rings. The van der Waals surface area contributed by atoms with Gasteiger partial charge in [-0.25, -0.2) is 8.42 Å². The van der Waals surface area contributed by atoms with Gasteiger partial charge in [0.15, 0.2) is 0 Å². The van der Waals surface area contributed by atoms with E-state index in [9.17, 15) is 18.0 Å². The zero-order chi connectivity index (χ0) is 27.9. The summed E-state index contributed by atoms with van der Waals surface area (Å²) in [6, 6.07) is 17.9. The summed E-state index contributed by atoms with van der Waals surface area (Å²) in [6.07, 6.45) is 10.4. The first-order chi connectivity index (χ1) is 19.2. The second-order valence-corrected chi connectivity index (χ2v) is 13.8. The zero-order valence-electron chi connectivity index (χ0n) is 22.6. The van der Waals surface area contributed by atoms with Crippen molar-refractivity contribution in [1.82, 2.24) is 5.32 Å². The first-order valence-electron chi connectivity index (χ1n) is 14.0. The van der Waals surface area contributed by atoms with Gasteiger partial charge in [-0.05, 0) is 104 Å². The molecule has 1 heterocycles. The number of nitrogens with one attached hydrogen (secondary N) is 2. The fraction of sp³-hybridized carbons (Fsp3) is 0.419. The summed E-state index contributed by atoms with van der Waals surface area (Å²) in [4.78, 5) is 25.9. The van der Waals surface area contributed by atoms with Gasteiger partial charge in [0.1, 0.15) is 12.3 Å². The molecule has 2 amide bonds. The lowest BCUT2D eigenvalue weighted by Gasteiger charge is -2.57. The van der Waals surface area contributed by atoms with Crippen LogP contribution in [0.5, 0.6) is 0 Å². The van der Waals surface area contributed by atoms with Gasteiger partial charge in [0, 0.05) is 0 Å². The van der Waals surface area contributed by atoms with Crippen molar-refractivity contribution in [3.05, 3.63) is 83.8 Å². The lowest BCUT2D eigenvalue weighted by atomic mass is 9.48. The third kappa shape index (κ3) is 5.39. The Morgan fingerprint density at radius 2 is 1.57 bits per heavy atom. The molecule has 4 aliphatic carbocycles. The van der Waals surface area contributed by atoms with E-state index in [4.69, 9.17) is 4.42 Å². The number of para-hydroxylation sites is 1. The highest BCUT2D eigenvalue weighted by atomic mass is 32.2. The lowest BCUT2D eigenvalue weighted by molar-refractivity contribution is -0.114. The molecular formula is C31H35N3O5S. The third-order valence-corrected chi connectivity index (χ3v) is 10.1. The number of rotatable bonds is 9. The van der Waals surface area contributed by atoms with E-state index >= 15 is 0 Å². The molecule has 210 valence electrons. The number of anilines is 2. The number of hydrogen-bond donors (Lipinski definition) is 2. The third-order valence-electron chi connectivity index (χ3n) is 8.94. The maximum absolute atomic E-state index is 13.1. The molecule has 4 saturated carbocycles. The van der Waals surface area contributed by atoms with Gasteiger partial charge in [-0.3, -0.25) is 13.9 Å². The van der Waals surface area contributed by atoms with Crippen LogP contribution < -0.4 is 14.9 Å². The molecule has 0 radical (unpaired) electrons. The number of sulfonamides is 1. The fourth-order valence-electron chi connectivity index (χ4n) is 7.63. The number of nitrogens with zero attached hydrogens (tertiary/aromatic N) is 1. The van der Waals surface area contributed by atoms with E-state index in [1.54, 1.807) is 36.4 Å².